The first kappa shape index (κ1) is 20.2. The molecule has 1 aliphatic heterocycles. The van der Waals surface area contributed by atoms with Crippen LogP contribution in [0, 0.1) is 6.92 Å². The third-order valence-corrected chi connectivity index (χ3v) is 4.76. The van der Waals surface area contributed by atoms with Crippen molar-refractivity contribution in [3.05, 3.63) is 41.5 Å². The highest BCUT2D eigenvalue weighted by Crippen LogP contribution is 2.21. The molecular weight excluding hydrogens is 352 g/mol. The van der Waals surface area contributed by atoms with Crippen LogP contribution in [0.3, 0.4) is 0 Å². The van der Waals surface area contributed by atoms with Gasteiger partial charge in [0, 0.05) is 36.8 Å². The Morgan fingerprint density at radius 2 is 2.04 bits per heavy atom. The minimum atomic E-state index is -0.152. The summed E-state index contributed by atoms with van der Waals surface area (Å²) in [6, 6.07) is 9.08. The SMILES string of the molecule is CCNC(=NCc1noc(C(C)(C)C)n1)NC1CCN(c2ccc(C)cc2)C1. The van der Waals surface area contributed by atoms with Crippen LogP contribution >= 0.6 is 0 Å². The van der Waals surface area contributed by atoms with Crippen molar-refractivity contribution in [1.29, 1.82) is 0 Å². The van der Waals surface area contributed by atoms with E-state index < -0.39 is 0 Å². The molecule has 7 nitrogen and oxygen atoms in total. The van der Waals surface area contributed by atoms with Crippen molar-refractivity contribution in [2.75, 3.05) is 24.5 Å². The Labute approximate surface area is 167 Å². The van der Waals surface area contributed by atoms with E-state index in [1.807, 2.05) is 0 Å². The zero-order chi connectivity index (χ0) is 20.1. The summed E-state index contributed by atoms with van der Waals surface area (Å²) in [5.74, 6) is 2.04. The largest absolute Gasteiger partial charge is 0.369 e. The van der Waals surface area contributed by atoms with Gasteiger partial charge in [0.05, 0.1) is 0 Å². The van der Waals surface area contributed by atoms with E-state index in [2.05, 4.69) is 89.6 Å². The van der Waals surface area contributed by atoms with E-state index in [4.69, 9.17) is 4.52 Å². The molecular formula is C21H32N6O. The van der Waals surface area contributed by atoms with Gasteiger partial charge in [-0.2, -0.15) is 4.98 Å². The quantitative estimate of drug-likeness (QED) is 0.609. The molecule has 0 saturated carbocycles. The molecule has 0 aliphatic carbocycles. The standard InChI is InChI=1S/C21H32N6O/c1-6-22-20(23-13-18-25-19(28-26-18)21(3,4)5)24-16-11-12-27(14-16)17-9-7-15(2)8-10-17/h7-10,16H,6,11-14H2,1-5H3,(H2,22,23,24). The summed E-state index contributed by atoms with van der Waals surface area (Å²) in [5.41, 5.74) is 2.41. The van der Waals surface area contributed by atoms with Gasteiger partial charge in [0.15, 0.2) is 11.8 Å². The molecule has 0 amide bonds. The van der Waals surface area contributed by atoms with E-state index in [0.717, 1.165) is 32.0 Å². The van der Waals surface area contributed by atoms with Crippen LogP contribution in [0.1, 0.15) is 51.4 Å². The van der Waals surface area contributed by atoms with Gasteiger partial charge in [0.1, 0.15) is 6.54 Å². The molecule has 1 saturated heterocycles. The molecule has 7 heteroatoms. The Bertz CT molecular complexity index is 790. The summed E-state index contributed by atoms with van der Waals surface area (Å²) < 4.78 is 5.35. The molecule has 1 atom stereocenters. The molecule has 1 unspecified atom stereocenters. The highest BCUT2D eigenvalue weighted by atomic mass is 16.5. The Hall–Kier alpha value is -2.57. The third kappa shape index (κ3) is 5.24. The van der Waals surface area contributed by atoms with E-state index in [0.29, 0.717) is 24.3 Å². The lowest BCUT2D eigenvalue weighted by molar-refractivity contribution is 0.318. The molecule has 2 aromatic rings. The van der Waals surface area contributed by atoms with Crippen molar-refractivity contribution in [2.24, 2.45) is 4.99 Å². The fraction of sp³-hybridized carbons (Fsp3) is 0.571. The summed E-state index contributed by atoms with van der Waals surface area (Å²) in [7, 11) is 0. The summed E-state index contributed by atoms with van der Waals surface area (Å²) in [4.78, 5) is 11.5. The number of nitrogens with one attached hydrogen (secondary N) is 2. The second-order valence-corrected chi connectivity index (χ2v) is 8.37. The molecule has 1 aromatic carbocycles. The highest BCUT2D eigenvalue weighted by Gasteiger charge is 2.24. The van der Waals surface area contributed by atoms with E-state index in [1.54, 1.807) is 0 Å². The molecule has 1 aliphatic rings. The zero-order valence-corrected chi connectivity index (χ0v) is 17.6. The molecule has 2 heterocycles. The molecule has 3 rings (SSSR count). The predicted molar refractivity (Wildman–Crippen MR) is 113 cm³/mol. The minimum absolute atomic E-state index is 0.152. The van der Waals surface area contributed by atoms with Crippen molar-refractivity contribution < 1.29 is 4.52 Å². The molecule has 152 valence electrons. The van der Waals surface area contributed by atoms with Gasteiger partial charge in [-0.15, -0.1) is 0 Å². The Balaban J connectivity index is 1.59. The van der Waals surface area contributed by atoms with Crippen molar-refractivity contribution >= 4 is 11.6 Å². The summed E-state index contributed by atoms with van der Waals surface area (Å²) >= 11 is 0. The summed E-state index contributed by atoms with van der Waals surface area (Å²) in [5, 5.41) is 10.9. The third-order valence-electron chi connectivity index (χ3n) is 4.76. The van der Waals surface area contributed by atoms with E-state index in [9.17, 15) is 0 Å². The number of aliphatic imine (C=N–C) groups is 1. The number of rotatable bonds is 5. The van der Waals surface area contributed by atoms with Crippen LogP contribution in [0.5, 0.6) is 0 Å². The predicted octanol–water partition coefficient (Wildman–Crippen LogP) is 3.01. The van der Waals surface area contributed by atoms with Crippen LogP contribution in [0.4, 0.5) is 5.69 Å². The van der Waals surface area contributed by atoms with Crippen molar-refractivity contribution in [3.63, 3.8) is 0 Å². The molecule has 28 heavy (non-hydrogen) atoms. The number of hydrogen-bond donors (Lipinski definition) is 2. The van der Waals surface area contributed by atoms with Crippen LogP contribution in [-0.4, -0.2) is 41.8 Å². The van der Waals surface area contributed by atoms with Gasteiger partial charge in [0.25, 0.3) is 0 Å². The Morgan fingerprint density at radius 1 is 1.29 bits per heavy atom. The lowest BCUT2D eigenvalue weighted by atomic mass is 9.97. The maximum Gasteiger partial charge on any atom is 0.232 e. The maximum atomic E-state index is 5.35. The van der Waals surface area contributed by atoms with Crippen LogP contribution in [-0.2, 0) is 12.0 Å². The normalized spacial score (nSPS) is 17.8. The zero-order valence-electron chi connectivity index (χ0n) is 17.6. The fourth-order valence-electron chi connectivity index (χ4n) is 3.15. The molecule has 1 fully saturated rings. The van der Waals surface area contributed by atoms with Crippen LogP contribution in [0.25, 0.3) is 0 Å². The first-order valence-corrected chi connectivity index (χ1v) is 10.0. The fourth-order valence-corrected chi connectivity index (χ4v) is 3.15. The van der Waals surface area contributed by atoms with E-state index >= 15 is 0 Å². The van der Waals surface area contributed by atoms with Crippen LogP contribution < -0.4 is 15.5 Å². The smallest absolute Gasteiger partial charge is 0.232 e. The van der Waals surface area contributed by atoms with Crippen molar-refractivity contribution in [2.45, 2.75) is 59.0 Å². The first-order valence-electron chi connectivity index (χ1n) is 10.0. The lowest BCUT2D eigenvalue weighted by Gasteiger charge is -2.20. The van der Waals surface area contributed by atoms with Crippen LogP contribution in [0.2, 0.25) is 0 Å². The lowest BCUT2D eigenvalue weighted by Crippen LogP contribution is -2.44. The number of aromatic nitrogens is 2. The van der Waals surface area contributed by atoms with Gasteiger partial charge in [0.2, 0.25) is 5.89 Å². The topological polar surface area (TPSA) is 78.6 Å². The number of guanidine groups is 1. The number of benzene rings is 1. The van der Waals surface area contributed by atoms with Gasteiger partial charge >= 0.3 is 0 Å². The van der Waals surface area contributed by atoms with Gasteiger partial charge in [-0.3, -0.25) is 0 Å². The monoisotopic (exact) mass is 384 g/mol. The molecule has 1 aromatic heterocycles. The number of hydrogen-bond acceptors (Lipinski definition) is 5. The van der Waals surface area contributed by atoms with Crippen molar-refractivity contribution in [1.82, 2.24) is 20.8 Å². The van der Waals surface area contributed by atoms with Gasteiger partial charge < -0.3 is 20.1 Å². The van der Waals surface area contributed by atoms with Gasteiger partial charge in [-0.25, -0.2) is 4.99 Å². The number of nitrogens with zero attached hydrogens (tertiary/aromatic N) is 4. The first-order chi connectivity index (χ1) is 13.3. The van der Waals surface area contributed by atoms with E-state index in [-0.39, 0.29) is 5.41 Å². The highest BCUT2D eigenvalue weighted by molar-refractivity contribution is 5.80. The summed E-state index contributed by atoms with van der Waals surface area (Å²) in [6.07, 6.45) is 1.08. The van der Waals surface area contributed by atoms with Crippen LogP contribution in [0.15, 0.2) is 33.8 Å². The summed E-state index contributed by atoms with van der Waals surface area (Å²) in [6.45, 7) is 13.5. The average molecular weight is 385 g/mol. The minimum Gasteiger partial charge on any atom is -0.369 e. The number of aryl methyl sites for hydroxylation is 1. The molecule has 0 bridgehead atoms. The number of anilines is 1. The Kier molecular flexibility index (Phi) is 6.21. The second kappa shape index (κ2) is 8.63. The van der Waals surface area contributed by atoms with Gasteiger partial charge in [-0.1, -0.05) is 43.6 Å². The molecule has 0 radical (unpaired) electrons. The van der Waals surface area contributed by atoms with Gasteiger partial charge in [-0.05, 0) is 32.4 Å². The second-order valence-electron chi connectivity index (χ2n) is 8.37. The average Bonchev–Trinajstić information content (AvgIpc) is 3.30. The van der Waals surface area contributed by atoms with Crippen molar-refractivity contribution in [3.8, 4) is 0 Å². The molecule has 0 spiro atoms. The van der Waals surface area contributed by atoms with E-state index in [1.165, 1.54) is 11.3 Å². The maximum absolute atomic E-state index is 5.35. The molecule has 2 N–H and O–H groups in total. The Morgan fingerprint density at radius 3 is 2.68 bits per heavy atom.